The highest BCUT2D eigenvalue weighted by atomic mass is 19.1. The first-order valence-corrected chi connectivity index (χ1v) is 7.31. The van der Waals surface area contributed by atoms with Crippen molar-refractivity contribution >= 4 is 11.8 Å². The summed E-state index contributed by atoms with van der Waals surface area (Å²) >= 11 is 0. The molecule has 0 heterocycles. The van der Waals surface area contributed by atoms with Crippen LogP contribution in [0.1, 0.15) is 38.7 Å². The molecule has 4 nitrogen and oxygen atoms in total. The van der Waals surface area contributed by atoms with Gasteiger partial charge in [-0.25, -0.2) is 4.39 Å². The van der Waals surface area contributed by atoms with E-state index in [0.29, 0.717) is 19.4 Å². The lowest BCUT2D eigenvalue weighted by Gasteiger charge is -2.18. The molecule has 1 fully saturated rings. The predicted molar refractivity (Wildman–Crippen MR) is 77.8 cm³/mol. The summed E-state index contributed by atoms with van der Waals surface area (Å²) in [5, 5.41) is 5.64. The van der Waals surface area contributed by atoms with Crippen LogP contribution in [0.15, 0.2) is 24.3 Å². The third kappa shape index (κ3) is 3.60. The fourth-order valence-electron chi connectivity index (χ4n) is 2.10. The van der Waals surface area contributed by atoms with Gasteiger partial charge < -0.3 is 10.6 Å². The minimum atomic E-state index is -0.899. The van der Waals surface area contributed by atoms with Crippen molar-refractivity contribution in [1.29, 1.82) is 0 Å². The number of hydrogen-bond acceptors (Lipinski definition) is 2. The molecule has 1 unspecified atom stereocenters. The molecule has 0 aliphatic heterocycles. The first kappa shape index (κ1) is 15.5. The summed E-state index contributed by atoms with van der Waals surface area (Å²) in [4.78, 5) is 24.4. The van der Waals surface area contributed by atoms with Gasteiger partial charge in [0.25, 0.3) is 0 Å². The van der Waals surface area contributed by atoms with Crippen LogP contribution >= 0.6 is 0 Å². The summed E-state index contributed by atoms with van der Waals surface area (Å²) < 4.78 is 12.8. The first-order chi connectivity index (χ1) is 9.98. The Labute approximate surface area is 124 Å². The molecule has 1 aromatic carbocycles. The van der Waals surface area contributed by atoms with Gasteiger partial charge in [-0.3, -0.25) is 9.59 Å². The van der Waals surface area contributed by atoms with Gasteiger partial charge in [0, 0.05) is 12.6 Å². The zero-order valence-corrected chi connectivity index (χ0v) is 12.4. The maximum absolute atomic E-state index is 12.8. The molecule has 2 amide bonds. The molecular weight excluding hydrogens is 271 g/mol. The molecule has 1 aliphatic rings. The first-order valence-electron chi connectivity index (χ1n) is 7.31. The number of hydrogen-bond donors (Lipinski definition) is 2. The number of carbonyl (C=O) groups excluding carboxylic acids is 2. The molecule has 0 spiro atoms. The summed E-state index contributed by atoms with van der Waals surface area (Å²) in [5.41, 5.74) is -0.0911. The van der Waals surface area contributed by atoms with E-state index in [1.165, 1.54) is 12.1 Å². The molecule has 5 heteroatoms. The molecule has 0 aromatic heterocycles. The SMILES string of the molecule is CCC(C)NC(=O)C1(C(=O)NCc2ccc(F)cc2)CC1. The van der Waals surface area contributed by atoms with Gasteiger partial charge in [-0.1, -0.05) is 19.1 Å². The van der Waals surface area contributed by atoms with E-state index in [9.17, 15) is 14.0 Å². The molecule has 0 bridgehead atoms. The number of amides is 2. The molecular formula is C16H21FN2O2. The summed E-state index contributed by atoms with van der Waals surface area (Å²) in [6.07, 6.45) is 2.01. The monoisotopic (exact) mass is 292 g/mol. The van der Waals surface area contributed by atoms with Crippen LogP contribution in [0, 0.1) is 11.2 Å². The lowest BCUT2D eigenvalue weighted by Crippen LogP contribution is -2.45. The van der Waals surface area contributed by atoms with Crippen LogP contribution in [-0.2, 0) is 16.1 Å². The largest absolute Gasteiger partial charge is 0.353 e. The lowest BCUT2D eigenvalue weighted by molar-refractivity contribution is -0.137. The Kier molecular flexibility index (Phi) is 4.60. The van der Waals surface area contributed by atoms with Crippen molar-refractivity contribution in [3.8, 4) is 0 Å². The van der Waals surface area contributed by atoms with Crippen LogP contribution in [0.25, 0.3) is 0 Å². The van der Waals surface area contributed by atoms with Crippen molar-refractivity contribution in [2.45, 2.75) is 45.7 Å². The predicted octanol–water partition coefficient (Wildman–Crippen LogP) is 2.14. The molecule has 1 saturated carbocycles. The maximum Gasteiger partial charge on any atom is 0.235 e. The number of nitrogens with one attached hydrogen (secondary N) is 2. The van der Waals surface area contributed by atoms with Crippen molar-refractivity contribution in [2.24, 2.45) is 5.41 Å². The van der Waals surface area contributed by atoms with Gasteiger partial charge in [0.2, 0.25) is 11.8 Å². The standard InChI is InChI=1S/C16H21FN2O2/c1-3-11(2)19-15(21)16(8-9-16)14(20)18-10-12-4-6-13(17)7-5-12/h4-7,11H,3,8-10H2,1-2H3,(H,18,20)(H,19,21). The van der Waals surface area contributed by atoms with E-state index in [4.69, 9.17) is 0 Å². The Morgan fingerprint density at radius 3 is 2.38 bits per heavy atom. The van der Waals surface area contributed by atoms with Crippen molar-refractivity contribution in [3.05, 3.63) is 35.6 Å². The average molecular weight is 292 g/mol. The van der Waals surface area contributed by atoms with Gasteiger partial charge in [-0.05, 0) is 43.9 Å². The van der Waals surface area contributed by atoms with Crippen LogP contribution in [-0.4, -0.2) is 17.9 Å². The van der Waals surface area contributed by atoms with E-state index in [2.05, 4.69) is 10.6 Å². The Morgan fingerprint density at radius 1 is 1.24 bits per heavy atom. The Bertz CT molecular complexity index is 524. The fourth-order valence-corrected chi connectivity index (χ4v) is 2.10. The zero-order chi connectivity index (χ0) is 15.5. The number of halogens is 1. The second-order valence-electron chi connectivity index (χ2n) is 5.67. The van der Waals surface area contributed by atoms with Crippen molar-refractivity contribution < 1.29 is 14.0 Å². The van der Waals surface area contributed by atoms with Gasteiger partial charge in [0.1, 0.15) is 11.2 Å². The average Bonchev–Trinajstić information content (AvgIpc) is 3.28. The summed E-state index contributed by atoms with van der Waals surface area (Å²) in [5.74, 6) is -0.738. The minimum Gasteiger partial charge on any atom is -0.353 e. The zero-order valence-electron chi connectivity index (χ0n) is 12.4. The second-order valence-corrected chi connectivity index (χ2v) is 5.67. The van der Waals surface area contributed by atoms with E-state index in [1.54, 1.807) is 12.1 Å². The molecule has 21 heavy (non-hydrogen) atoms. The Hall–Kier alpha value is -1.91. The molecule has 2 N–H and O–H groups in total. The molecule has 1 atom stereocenters. The highest BCUT2D eigenvalue weighted by Gasteiger charge is 2.56. The minimum absolute atomic E-state index is 0.0693. The van der Waals surface area contributed by atoms with Gasteiger partial charge >= 0.3 is 0 Å². The molecule has 1 aliphatic carbocycles. The topological polar surface area (TPSA) is 58.2 Å². The molecule has 114 valence electrons. The van der Waals surface area contributed by atoms with Crippen molar-refractivity contribution in [1.82, 2.24) is 10.6 Å². The van der Waals surface area contributed by atoms with Gasteiger partial charge in [-0.2, -0.15) is 0 Å². The van der Waals surface area contributed by atoms with Gasteiger partial charge in [0.15, 0.2) is 0 Å². The maximum atomic E-state index is 12.8. The number of carbonyl (C=O) groups is 2. The molecule has 1 aromatic rings. The lowest BCUT2D eigenvalue weighted by atomic mass is 10.0. The van der Waals surface area contributed by atoms with E-state index in [-0.39, 0.29) is 23.7 Å². The van der Waals surface area contributed by atoms with Crippen molar-refractivity contribution in [2.75, 3.05) is 0 Å². The van der Waals surface area contributed by atoms with Crippen LogP contribution in [0.5, 0.6) is 0 Å². The van der Waals surface area contributed by atoms with Gasteiger partial charge in [0.05, 0.1) is 0 Å². The molecule has 2 rings (SSSR count). The van der Waals surface area contributed by atoms with Crippen LogP contribution in [0.3, 0.4) is 0 Å². The highest BCUT2D eigenvalue weighted by molar-refractivity contribution is 6.07. The van der Waals surface area contributed by atoms with Crippen molar-refractivity contribution in [3.63, 3.8) is 0 Å². The van der Waals surface area contributed by atoms with E-state index in [1.807, 2.05) is 13.8 Å². The quantitative estimate of drug-likeness (QED) is 0.789. The third-order valence-corrected chi connectivity index (χ3v) is 3.98. The molecule has 0 radical (unpaired) electrons. The number of rotatable bonds is 6. The molecule has 0 saturated heterocycles. The highest BCUT2D eigenvalue weighted by Crippen LogP contribution is 2.46. The van der Waals surface area contributed by atoms with Crippen LogP contribution in [0.2, 0.25) is 0 Å². The Morgan fingerprint density at radius 2 is 1.86 bits per heavy atom. The summed E-state index contributed by atoms with van der Waals surface area (Å²) in [6, 6.07) is 6.01. The normalized spacial score (nSPS) is 16.9. The Balaban J connectivity index is 1.90. The second kappa shape index (κ2) is 6.24. The van der Waals surface area contributed by atoms with E-state index in [0.717, 1.165) is 12.0 Å². The summed E-state index contributed by atoms with van der Waals surface area (Å²) in [7, 11) is 0. The van der Waals surface area contributed by atoms with E-state index < -0.39 is 5.41 Å². The van der Waals surface area contributed by atoms with E-state index >= 15 is 0 Å². The number of benzene rings is 1. The third-order valence-electron chi connectivity index (χ3n) is 3.98. The smallest absolute Gasteiger partial charge is 0.235 e. The van der Waals surface area contributed by atoms with Crippen LogP contribution in [0.4, 0.5) is 4.39 Å². The fraction of sp³-hybridized carbons (Fsp3) is 0.500. The van der Waals surface area contributed by atoms with Crippen LogP contribution < -0.4 is 10.6 Å². The van der Waals surface area contributed by atoms with Gasteiger partial charge in [-0.15, -0.1) is 0 Å². The summed E-state index contributed by atoms with van der Waals surface area (Å²) in [6.45, 7) is 4.21.